The Morgan fingerprint density at radius 3 is 2.69 bits per heavy atom. The second-order valence-electron chi connectivity index (χ2n) is 5.85. The molecule has 4 rings (SSSR count). The summed E-state index contributed by atoms with van der Waals surface area (Å²) in [5.74, 6) is 0. The van der Waals surface area contributed by atoms with Crippen LogP contribution in [0.25, 0.3) is 11.2 Å². The summed E-state index contributed by atoms with van der Waals surface area (Å²) in [6, 6.07) is 15.8. The number of aromatic nitrogens is 4. The molecule has 0 saturated carbocycles. The number of aliphatic hydroxyl groups excluding tert-OH is 1. The molecule has 7 nitrogen and oxygen atoms in total. The van der Waals surface area contributed by atoms with E-state index in [9.17, 15) is 5.26 Å². The van der Waals surface area contributed by atoms with E-state index < -0.39 is 0 Å². The lowest BCUT2D eigenvalue weighted by atomic mass is 10.1. The lowest BCUT2D eigenvalue weighted by Crippen LogP contribution is -2.01. The molecule has 0 fully saturated rings. The molecule has 0 aliphatic carbocycles. The predicted octanol–water partition coefficient (Wildman–Crippen LogP) is 2.50. The number of pyridine rings is 1. The van der Waals surface area contributed by atoms with Crippen molar-refractivity contribution in [3.63, 3.8) is 0 Å². The molecule has 1 aromatic carbocycles. The molecule has 0 radical (unpaired) electrons. The van der Waals surface area contributed by atoms with Gasteiger partial charge in [-0.2, -0.15) is 5.26 Å². The monoisotopic (exact) mass is 344 g/mol. The fourth-order valence-corrected chi connectivity index (χ4v) is 2.87. The van der Waals surface area contributed by atoms with Gasteiger partial charge in [-0.05, 0) is 36.4 Å². The Bertz CT molecular complexity index is 1090. The molecular weight excluding hydrogens is 328 g/mol. The van der Waals surface area contributed by atoms with Gasteiger partial charge in [0.2, 0.25) is 0 Å². The summed E-state index contributed by atoms with van der Waals surface area (Å²) in [6.07, 6.45) is 5.60. The molecule has 0 saturated heterocycles. The number of nitriles is 1. The Morgan fingerprint density at radius 2 is 1.96 bits per heavy atom. The Labute approximate surface area is 149 Å². The van der Waals surface area contributed by atoms with E-state index in [1.807, 2.05) is 59.3 Å². The third-order valence-electron chi connectivity index (χ3n) is 4.19. The van der Waals surface area contributed by atoms with Crippen molar-refractivity contribution in [1.29, 1.82) is 5.26 Å². The summed E-state index contributed by atoms with van der Waals surface area (Å²) in [6.45, 7) is 0.425. The van der Waals surface area contributed by atoms with E-state index in [4.69, 9.17) is 5.11 Å². The Balaban J connectivity index is 1.51. The number of rotatable bonds is 5. The van der Waals surface area contributed by atoms with Gasteiger partial charge in [0.05, 0.1) is 29.6 Å². The minimum atomic E-state index is -0.132. The standard InChI is InChI=1S/C19H16N6O/c20-9-18-14(11-24-8-2-1-3-19(18)24)10-21-15-4-6-17(7-5-15)25-12-16(13-26)22-23-25/h1-8,11-12,21,26H,10,13H2. The van der Waals surface area contributed by atoms with Gasteiger partial charge in [-0.1, -0.05) is 11.3 Å². The number of fused-ring (bicyclic) bond motifs is 1. The maximum absolute atomic E-state index is 9.46. The smallest absolute Gasteiger partial charge is 0.109 e. The van der Waals surface area contributed by atoms with Crippen LogP contribution in [0.15, 0.2) is 61.1 Å². The fourth-order valence-electron chi connectivity index (χ4n) is 2.87. The van der Waals surface area contributed by atoms with E-state index in [-0.39, 0.29) is 6.61 Å². The number of anilines is 1. The molecule has 0 bridgehead atoms. The van der Waals surface area contributed by atoms with E-state index >= 15 is 0 Å². The van der Waals surface area contributed by atoms with Gasteiger partial charge in [0.25, 0.3) is 0 Å². The number of aliphatic hydroxyl groups is 1. The molecule has 128 valence electrons. The van der Waals surface area contributed by atoms with Crippen LogP contribution in [0.3, 0.4) is 0 Å². The van der Waals surface area contributed by atoms with Gasteiger partial charge in [0, 0.05) is 30.2 Å². The van der Waals surface area contributed by atoms with Crippen molar-refractivity contribution in [3.8, 4) is 11.8 Å². The largest absolute Gasteiger partial charge is 0.390 e. The third-order valence-corrected chi connectivity index (χ3v) is 4.19. The van der Waals surface area contributed by atoms with Crippen molar-refractivity contribution in [3.05, 3.63) is 77.9 Å². The number of benzene rings is 1. The first kappa shape index (κ1) is 15.9. The van der Waals surface area contributed by atoms with Gasteiger partial charge in [-0.15, -0.1) is 5.10 Å². The molecule has 3 aromatic heterocycles. The Hall–Kier alpha value is -3.63. The first-order valence-electron chi connectivity index (χ1n) is 8.13. The van der Waals surface area contributed by atoms with E-state index in [1.165, 1.54) is 0 Å². The zero-order valence-electron chi connectivity index (χ0n) is 13.9. The van der Waals surface area contributed by atoms with Crippen LogP contribution in [0.5, 0.6) is 0 Å². The maximum Gasteiger partial charge on any atom is 0.109 e. The van der Waals surface area contributed by atoms with Crippen LogP contribution in [0, 0.1) is 11.3 Å². The minimum Gasteiger partial charge on any atom is -0.390 e. The normalized spacial score (nSPS) is 10.8. The first-order valence-corrected chi connectivity index (χ1v) is 8.13. The van der Waals surface area contributed by atoms with Gasteiger partial charge in [0.1, 0.15) is 11.8 Å². The van der Waals surface area contributed by atoms with Crippen molar-refractivity contribution in [2.45, 2.75) is 13.2 Å². The Morgan fingerprint density at radius 1 is 1.12 bits per heavy atom. The zero-order chi connectivity index (χ0) is 17.9. The van der Waals surface area contributed by atoms with Gasteiger partial charge < -0.3 is 14.8 Å². The lowest BCUT2D eigenvalue weighted by molar-refractivity contribution is 0.276. The summed E-state index contributed by atoms with van der Waals surface area (Å²) in [4.78, 5) is 0. The van der Waals surface area contributed by atoms with Crippen molar-refractivity contribution < 1.29 is 5.11 Å². The molecule has 0 aliphatic heterocycles. The molecule has 0 aliphatic rings. The molecule has 0 spiro atoms. The van der Waals surface area contributed by atoms with Crippen molar-refractivity contribution >= 4 is 11.2 Å². The first-order chi connectivity index (χ1) is 12.8. The molecule has 0 atom stereocenters. The molecule has 0 amide bonds. The van der Waals surface area contributed by atoms with Crippen LogP contribution in [-0.4, -0.2) is 24.5 Å². The average molecular weight is 344 g/mol. The fraction of sp³-hybridized carbons (Fsp3) is 0.105. The van der Waals surface area contributed by atoms with Gasteiger partial charge >= 0.3 is 0 Å². The van der Waals surface area contributed by atoms with Crippen molar-refractivity contribution in [2.75, 3.05) is 5.32 Å². The molecule has 0 unspecified atom stereocenters. The minimum absolute atomic E-state index is 0.132. The zero-order valence-corrected chi connectivity index (χ0v) is 13.9. The molecular formula is C19H16N6O. The van der Waals surface area contributed by atoms with Gasteiger partial charge in [-0.3, -0.25) is 0 Å². The SMILES string of the molecule is N#Cc1c(CNc2ccc(-n3cc(CO)nn3)cc2)cn2ccccc12. The number of nitrogens with one attached hydrogen (secondary N) is 1. The number of hydrogen-bond acceptors (Lipinski definition) is 5. The highest BCUT2D eigenvalue weighted by molar-refractivity contribution is 5.65. The predicted molar refractivity (Wildman–Crippen MR) is 96.7 cm³/mol. The number of hydrogen-bond donors (Lipinski definition) is 2. The van der Waals surface area contributed by atoms with Crippen molar-refractivity contribution in [2.24, 2.45) is 0 Å². The summed E-state index contributed by atoms with van der Waals surface area (Å²) in [7, 11) is 0. The second kappa shape index (κ2) is 6.70. The van der Waals surface area contributed by atoms with Crippen LogP contribution in [0.1, 0.15) is 16.8 Å². The van der Waals surface area contributed by atoms with Crippen LogP contribution in [-0.2, 0) is 13.2 Å². The van der Waals surface area contributed by atoms with E-state index in [0.29, 0.717) is 17.8 Å². The highest BCUT2D eigenvalue weighted by Crippen LogP contribution is 2.20. The summed E-state index contributed by atoms with van der Waals surface area (Å²) >= 11 is 0. The highest BCUT2D eigenvalue weighted by atomic mass is 16.3. The quantitative estimate of drug-likeness (QED) is 0.580. The highest BCUT2D eigenvalue weighted by Gasteiger charge is 2.09. The average Bonchev–Trinajstić information content (AvgIpc) is 3.31. The number of nitrogens with zero attached hydrogens (tertiary/aromatic N) is 5. The summed E-state index contributed by atoms with van der Waals surface area (Å²) < 4.78 is 3.58. The molecule has 26 heavy (non-hydrogen) atoms. The molecule has 2 N–H and O–H groups in total. The van der Waals surface area contributed by atoms with Crippen LogP contribution >= 0.6 is 0 Å². The maximum atomic E-state index is 9.46. The molecule has 7 heteroatoms. The second-order valence-corrected chi connectivity index (χ2v) is 5.85. The molecule has 4 aromatic rings. The molecule has 3 heterocycles. The van der Waals surface area contributed by atoms with E-state index in [1.54, 1.807) is 10.9 Å². The van der Waals surface area contributed by atoms with Gasteiger partial charge in [0.15, 0.2) is 0 Å². The van der Waals surface area contributed by atoms with Crippen LogP contribution in [0.2, 0.25) is 0 Å². The van der Waals surface area contributed by atoms with Crippen LogP contribution < -0.4 is 5.32 Å². The van der Waals surface area contributed by atoms with Crippen LogP contribution in [0.4, 0.5) is 5.69 Å². The lowest BCUT2D eigenvalue weighted by Gasteiger charge is -2.07. The Kier molecular flexibility index (Phi) is 4.09. The third kappa shape index (κ3) is 2.90. The van der Waals surface area contributed by atoms with E-state index in [0.717, 1.165) is 22.5 Å². The van der Waals surface area contributed by atoms with Gasteiger partial charge in [-0.25, -0.2) is 4.68 Å². The summed E-state index contributed by atoms with van der Waals surface area (Å²) in [5.41, 5.74) is 4.87. The van der Waals surface area contributed by atoms with Crippen molar-refractivity contribution in [1.82, 2.24) is 19.4 Å². The summed E-state index contributed by atoms with van der Waals surface area (Å²) in [5, 5.41) is 29.7. The topological polar surface area (TPSA) is 91.2 Å². The van der Waals surface area contributed by atoms with E-state index in [2.05, 4.69) is 21.7 Å².